The minimum Gasteiger partial charge on any atom is -0.354 e. The molecule has 4 aromatic rings. The van der Waals surface area contributed by atoms with E-state index in [4.69, 9.17) is 9.97 Å². The van der Waals surface area contributed by atoms with E-state index in [1.54, 1.807) is 6.20 Å². The van der Waals surface area contributed by atoms with Gasteiger partial charge in [-0.1, -0.05) is 24.3 Å². The first-order chi connectivity index (χ1) is 14.8. The summed E-state index contributed by atoms with van der Waals surface area (Å²) >= 11 is 0. The molecule has 0 spiro atoms. The Morgan fingerprint density at radius 3 is 2.37 bits per heavy atom. The fourth-order valence-corrected chi connectivity index (χ4v) is 3.75. The van der Waals surface area contributed by atoms with Gasteiger partial charge in [0, 0.05) is 31.0 Å². The Bertz CT molecular complexity index is 1160. The predicted molar refractivity (Wildman–Crippen MR) is 117 cm³/mol. The van der Waals surface area contributed by atoms with E-state index >= 15 is 0 Å². The third-order valence-electron chi connectivity index (χ3n) is 5.31. The number of para-hydroxylation sites is 2. The molecule has 0 bridgehead atoms. The van der Waals surface area contributed by atoms with E-state index in [-0.39, 0.29) is 5.91 Å². The Morgan fingerprint density at radius 2 is 1.67 bits per heavy atom. The van der Waals surface area contributed by atoms with Crippen LogP contribution in [-0.2, 0) is 6.54 Å². The number of nitrogens with one attached hydrogen (secondary N) is 1. The zero-order valence-electron chi connectivity index (χ0n) is 16.5. The van der Waals surface area contributed by atoms with Crippen molar-refractivity contribution in [3.63, 3.8) is 0 Å². The van der Waals surface area contributed by atoms with Crippen LogP contribution in [-0.4, -0.2) is 38.7 Å². The lowest BCUT2D eigenvalue weighted by Gasteiger charge is -2.20. The number of anilines is 2. The van der Waals surface area contributed by atoms with Crippen LogP contribution >= 0.6 is 0 Å². The van der Waals surface area contributed by atoms with Crippen molar-refractivity contribution in [1.82, 2.24) is 19.7 Å². The van der Waals surface area contributed by atoms with Crippen molar-refractivity contribution in [3.8, 4) is 0 Å². The van der Waals surface area contributed by atoms with Crippen molar-refractivity contribution >= 4 is 28.6 Å². The second-order valence-corrected chi connectivity index (χ2v) is 7.43. The lowest BCUT2D eigenvalue weighted by atomic mass is 10.1. The highest BCUT2D eigenvalue weighted by Crippen LogP contribution is 2.28. The SMILES string of the molecule is O=C(Nc1nc2ccccc2nc1N1CCCC1)c1ccc(Cn2cccn2)cc1. The monoisotopic (exact) mass is 398 g/mol. The van der Waals surface area contributed by atoms with Crippen LogP contribution in [0.15, 0.2) is 67.0 Å². The molecule has 1 aliphatic rings. The molecule has 0 radical (unpaired) electrons. The lowest BCUT2D eigenvalue weighted by molar-refractivity contribution is 0.102. The molecule has 30 heavy (non-hydrogen) atoms. The summed E-state index contributed by atoms with van der Waals surface area (Å²) in [6.07, 6.45) is 5.92. The van der Waals surface area contributed by atoms with E-state index < -0.39 is 0 Å². The molecular formula is C23H22N6O. The van der Waals surface area contributed by atoms with Gasteiger partial charge < -0.3 is 10.2 Å². The smallest absolute Gasteiger partial charge is 0.256 e. The number of hydrogen-bond donors (Lipinski definition) is 1. The van der Waals surface area contributed by atoms with Gasteiger partial charge in [0.1, 0.15) is 0 Å². The molecule has 0 atom stereocenters. The summed E-state index contributed by atoms with van der Waals surface area (Å²) in [4.78, 5) is 24.6. The zero-order chi connectivity index (χ0) is 20.3. The topological polar surface area (TPSA) is 75.9 Å². The Kier molecular flexibility index (Phi) is 4.85. The number of carbonyl (C=O) groups is 1. The highest BCUT2D eigenvalue weighted by atomic mass is 16.1. The summed E-state index contributed by atoms with van der Waals surface area (Å²) in [5.74, 6) is 1.07. The zero-order valence-corrected chi connectivity index (χ0v) is 16.5. The van der Waals surface area contributed by atoms with Crippen LogP contribution in [0.2, 0.25) is 0 Å². The van der Waals surface area contributed by atoms with Crippen molar-refractivity contribution in [2.24, 2.45) is 0 Å². The molecule has 0 aliphatic carbocycles. The average Bonchev–Trinajstić information content (AvgIpc) is 3.48. The number of fused-ring (bicyclic) bond motifs is 1. The molecule has 5 rings (SSSR count). The van der Waals surface area contributed by atoms with Gasteiger partial charge in [-0.3, -0.25) is 9.48 Å². The summed E-state index contributed by atoms with van der Waals surface area (Å²) in [5.41, 5.74) is 3.27. The minimum absolute atomic E-state index is 0.189. The number of aromatic nitrogens is 4. The summed E-state index contributed by atoms with van der Waals surface area (Å²) in [7, 11) is 0. The van der Waals surface area contributed by atoms with E-state index in [9.17, 15) is 4.79 Å². The fourth-order valence-electron chi connectivity index (χ4n) is 3.75. The molecule has 1 fully saturated rings. The number of carbonyl (C=O) groups excluding carboxylic acids is 1. The van der Waals surface area contributed by atoms with Crippen LogP contribution in [0.3, 0.4) is 0 Å². The number of rotatable bonds is 5. The quantitative estimate of drug-likeness (QED) is 0.554. The van der Waals surface area contributed by atoms with Crippen LogP contribution in [0.5, 0.6) is 0 Å². The second-order valence-electron chi connectivity index (χ2n) is 7.43. The molecule has 1 aliphatic heterocycles. The summed E-state index contributed by atoms with van der Waals surface area (Å²) in [6.45, 7) is 2.53. The fraction of sp³-hybridized carbons (Fsp3) is 0.217. The average molecular weight is 398 g/mol. The molecule has 1 amide bonds. The summed E-state index contributed by atoms with van der Waals surface area (Å²) in [6, 6.07) is 17.2. The van der Waals surface area contributed by atoms with Gasteiger partial charge in [-0.15, -0.1) is 0 Å². The third-order valence-corrected chi connectivity index (χ3v) is 5.31. The van der Waals surface area contributed by atoms with Gasteiger partial charge in [0.25, 0.3) is 5.91 Å². The number of nitrogens with zero attached hydrogens (tertiary/aromatic N) is 5. The standard InChI is InChI=1S/C23H22N6O/c30-23(18-10-8-17(9-11-18)16-29-15-5-12-24-29)27-21-22(28-13-3-4-14-28)26-20-7-2-1-6-19(20)25-21/h1-2,5-12,15H,3-4,13-14,16H2,(H,25,27,30). The summed E-state index contributed by atoms with van der Waals surface area (Å²) in [5, 5.41) is 7.20. The van der Waals surface area contributed by atoms with Gasteiger partial charge in [-0.2, -0.15) is 5.10 Å². The molecular weight excluding hydrogens is 376 g/mol. The van der Waals surface area contributed by atoms with E-state index in [0.717, 1.165) is 48.3 Å². The summed E-state index contributed by atoms with van der Waals surface area (Å²) < 4.78 is 1.85. The van der Waals surface area contributed by atoms with Crippen molar-refractivity contribution in [2.45, 2.75) is 19.4 Å². The van der Waals surface area contributed by atoms with Gasteiger partial charge in [-0.25, -0.2) is 9.97 Å². The highest BCUT2D eigenvalue weighted by Gasteiger charge is 2.21. The van der Waals surface area contributed by atoms with Crippen LogP contribution in [0, 0.1) is 0 Å². The molecule has 2 aromatic heterocycles. The minimum atomic E-state index is -0.189. The van der Waals surface area contributed by atoms with Gasteiger partial charge in [0.05, 0.1) is 17.6 Å². The van der Waals surface area contributed by atoms with E-state index in [0.29, 0.717) is 17.9 Å². The van der Waals surface area contributed by atoms with Crippen molar-refractivity contribution < 1.29 is 4.79 Å². The lowest BCUT2D eigenvalue weighted by Crippen LogP contribution is -2.23. The molecule has 7 heteroatoms. The van der Waals surface area contributed by atoms with Crippen LogP contribution in [0.4, 0.5) is 11.6 Å². The molecule has 3 heterocycles. The highest BCUT2D eigenvalue weighted by molar-refractivity contribution is 6.05. The maximum atomic E-state index is 12.9. The maximum Gasteiger partial charge on any atom is 0.256 e. The Hall–Kier alpha value is -3.74. The third kappa shape index (κ3) is 3.74. The molecule has 1 saturated heterocycles. The first-order valence-corrected chi connectivity index (χ1v) is 10.2. The molecule has 7 nitrogen and oxygen atoms in total. The molecule has 150 valence electrons. The molecule has 1 N–H and O–H groups in total. The number of hydrogen-bond acceptors (Lipinski definition) is 5. The normalized spacial score (nSPS) is 13.7. The van der Waals surface area contributed by atoms with Gasteiger partial charge in [0.15, 0.2) is 11.6 Å². The van der Waals surface area contributed by atoms with E-state index in [2.05, 4.69) is 15.3 Å². The Labute approximate surface area is 174 Å². The van der Waals surface area contributed by atoms with Crippen molar-refractivity contribution in [3.05, 3.63) is 78.1 Å². The number of benzene rings is 2. The first-order valence-electron chi connectivity index (χ1n) is 10.2. The van der Waals surface area contributed by atoms with Crippen molar-refractivity contribution in [2.75, 3.05) is 23.3 Å². The van der Waals surface area contributed by atoms with E-state index in [1.807, 2.05) is 65.5 Å². The van der Waals surface area contributed by atoms with Crippen LogP contribution in [0.1, 0.15) is 28.8 Å². The van der Waals surface area contributed by atoms with Crippen LogP contribution < -0.4 is 10.2 Å². The number of amides is 1. The Morgan fingerprint density at radius 1 is 0.933 bits per heavy atom. The first kappa shape index (κ1) is 18.3. The largest absolute Gasteiger partial charge is 0.354 e. The van der Waals surface area contributed by atoms with Gasteiger partial charge in [0.2, 0.25) is 0 Å². The maximum absolute atomic E-state index is 12.9. The van der Waals surface area contributed by atoms with Gasteiger partial charge >= 0.3 is 0 Å². The second kappa shape index (κ2) is 7.94. The molecule has 0 saturated carbocycles. The molecule has 2 aromatic carbocycles. The molecule has 0 unspecified atom stereocenters. The predicted octanol–water partition coefficient (Wildman–Crippen LogP) is 3.73. The Balaban J connectivity index is 1.40. The van der Waals surface area contributed by atoms with Crippen LogP contribution in [0.25, 0.3) is 11.0 Å². The van der Waals surface area contributed by atoms with E-state index in [1.165, 1.54) is 0 Å². The van der Waals surface area contributed by atoms with Crippen molar-refractivity contribution in [1.29, 1.82) is 0 Å². The van der Waals surface area contributed by atoms with Gasteiger partial charge in [-0.05, 0) is 48.7 Å².